The second-order valence-corrected chi connectivity index (χ2v) is 10.9. The van der Waals surface area contributed by atoms with Crippen molar-refractivity contribution in [1.82, 2.24) is 0 Å². The summed E-state index contributed by atoms with van der Waals surface area (Å²) in [4.78, 5) is 24.2. The summed E-state index contributed by atoms with van der Waals surface area (Å²) in [6, 6.07) is 7.60. The molecule has 0 saturated carbocycles. The Bertz CT molecular complexity index is 1640. The van der Waals surface area contributed by atoms with Gasteiger partial charge in [-0.15, -0.1) is 0 Å². The summed E-state index contributed by atoms with van der Waals surface area (Å²) in [6.45, 7) is -0.203. The number of aliphatic hydroxyl groups is 6. The second-order valence-electron chi connectivity index (χ2n) is 10.9. The van der Waals surface area contributed by atoms with Crippen LogP contribution in [0.15, 0.2) is 45.6 Å². The molecule has 47 heavy (non-hydrogen) atoms. The fraction of sp³-hybridized carbons (Fsp3) is 0.467. The molecule has 0 bridgehead atoms. The zero-order valence-electron chi connectivity index (χ0n) is 24.9. The van der Waals surface area contributed by atoms with E-state index in [-0.39, 0.29) is 34.0 Å². The van der Waals surface area contributed by atoms with Crippen LogP contribution < -0.4 is 14.9 Å². The molecule has 17 nitrogen and oxygen atoms in total. The number of carbonyl (C=O) groups excluding carboxylic acids is 1. The van der Waals surface area contributed by atoms with E-state index in [1.165, 1.54) is 31.4 Å². The van der Waals surface area contributed by atoms with Crippen molar-refractivity contribution in [1.29, 1.82) is 0 Å². The molecule has 2 fully saturated rings. The fourth-order valence-electron chi connectivity index (χ4n) is 5.24. The van der Waals surface area contributed by atoms with Gasteiger partial charge in [0.15, 0.2) is 29.3 Å². The Morgan fingerprint density at radius 2 is 1.55 bits per heavy atom. The minimum absolute atomic E-state index is 0.0406. The Morgan fingerprint density at radius 1 is 0.851 bits per heavy atom. The Labute approximate surface area is 265 Å². The van der Waals surface area contributed by atoms with Crippen molar-refractivity contribution in [3.05, 3.63) is 46.6 Å². The van der Waals surface area contributed by atoms with E-state index in [2.05, 4.69) is 0 Å². The van der Waals surface area contributed by atoms with Crippen LogP contribution in [0, 0.1) is 0 Å². The van der Waals surface area contributed by atoms with E-state index in [0.29, 0.717) is 5.56 Å². The summed E-state index contributed by atoms with van der Waals surface area (Å²) >= 11 is 0. The van der Waals surface area contributed by atoms with E-state index in [1.54, 1.807) is 0 Å². The SMILES string of the molecule is COc1cc(-c2cc(=O)c3c(O)cc(O[C@@H]4O[C@H](CO)[C@@H](O)[C@H](O)[C@H]4O[C@@H]4O[C@H](COC(C)=O)[C@@H](O)[C@H](O)[C@@H]4O)cc3o2)ccc1O. The van der Waals surface area contributed by atoms with Gasteiger partial charge in [-0.3, -0.25) is 9.59 Å². The first-order chi connectivity index (χ1) is 22.3. The van der Waals surface area contributed by atoms with Crippen molar-refractivity contribution in [2.75, 3.05) is 20.3 Å². The molecule has 17 heteroatoms. The lowest BCUT2D eigenvalue weighted by molar-refractivity contribution is -0.358. The van der Waals surface area contributed by atoms with Gasteiger partial charge < -0.3 is 73.7 Å². The molecule has 10 atom stereocenters. The highest BCUT2D eigenvalue weighted by molar-refractivity contribution is 5.86. The van der Waals surface area contributed by atoms with Crippen LogP contribution in [0.3, 0.4) is 0 Å². The Kier molecular flexibility index (Phi) is 10.2. The lowest BCUT2D eigenvalue weighted by Gasteiger charge is -2.45. The molecule has 0 unspecified atom stereocenters. The van der Waals surface area contributed by atoms with Crippen molar-refractivity contribution in [2.45, 2.75) is 68.3 Å². The summed E-state index contributed by atoms with van der Waals surface area (Å²) in [7, 11) is 1.34. The first-order valence-corrected chi connectivity index (χ1v) is 14.3. The fourth-order valence-corrected chi connectivity index (χ4v) is 5.24. The number of benzene rings is 2. The third-order valence-electron chi connectivity index (χ3n) is 7.74. The Hall–Kier alpha value is -4.04. The number of methoxy groups -OCH3 is 1. The van der Waals surface area contributed by atoms with Gasteiger partial charge in [-0.05, 0) is 18.2 Å². The van der Waals surface area contributed by atoms with Gasteiger partial charge in [0.25, 0.3) is 0 Å². The lowest BCUT2D eigenvalue weighted by Crippen LogP contribution is -2.65. The smallest absolute Gasteiger partial charge is 0.302 e. The van der Waals surface area contributed by atoms with Gasteiger partial charge in [0.1, 0.15) is 77.6 Å². The minimum atomic E-state index is -1.91. The van der Waals surface area contributed by atoms with Crippen molar-refractivity contribution < 1.29 is 78.5 Å². The molecule has 5 rings (SSSR count). The molecule has 256 valence electrons. The first-order valence-electron chi connectivity index (χ1n) is 14.3. The van der Waals surface area contributed by atoms with Crippen molar-refractivity contribution in [3.8, 4) is 34.3 Å². The molecule has 0 amide bonds. The van der Waals surface area contributed by atoms with Crippen LogP contribution in [0.25, 0.3) is 22.3 Å². The highest BCUT2D eigenvalue weighted by Gasteiger charge is 2.51. The van der Waals surface area contributed by atoms with Crippen LogP contribution in [0.5, 0.6) is 23.0 Å². The minimum Gasteiger partial charge on any atom is -0.507 e. The van der Waals surface area contributed by atoms with E-state index in [4.69, 9.17) is 32.8 Å². The summed E-state index contributed by atoms with van der Waals surface area (Å²) in [6.07, 6.45) is -17.1. The average molecular weight is 667 g/mol. The maximum Gasteiger partial charge on any atom is 0.302 e. The second kappa shape index (κ2) is 14.0. The third kappa shape index (κ3) is 6.98. The molecule has 8 N–H and O–H groups in total. The van der Waals surface area contributed by atoms with Crippen LogP contribution in [-0.2, 0) is 23.7 Å². The number of esters is 1. The number of fused-ring (bicyclic) bond motifs is 1. The van der Waals surface area contributed by atoms with Crippen LogP contribution in [0.4, 0.5) is 0 Å². The largest absolute Gasteiger partial charge is 0.507 e. The molecular formula is C30H34O17. The third-order valence-corrected chi connectivity index (χ3v) is 7.74. The lowest BCUT2D eigenvalue weighted by atomic mass is 9.97. The van der Waals surface area contributed by atoms with Crippen LogP contribution in [0.2, 0.25) is 0 Å². The van der Waals surface area contributed by atoms with Crippen molar-refractivity contribution in [2.24, 2.45) is 0 Å². The number of phenols is 2. The normalized spacial score (nSPS) is 31.0. The van der Waals surface area contributed by atoms with E-state index in [0.717, 1.165) is 19.1 Å². The molecule has 1 aromatic heterocycles. The molecular weight excluding hydrogens is 632 g/mol. The van der Waals surface area contributed by atoms with Gasteiger partial charge in [-0.2, -0.15) is 0 Å². The topological polar surface area (TPSA) is 264 Å². The number of ether oxygens (including phenoxy) is 6. The number of carbonyl (C=O) groups is 1. The average Bonchev–Trinajstić information content (AvgIpc) is 3.03. The summed E-state index contributed by atoms with van der Waals surface area (Å²) < 4.78 is 38.5. The molecule has 0 spiro atoms. The molecule has 2 saturated heterocycles. The predicted octanol–water partition coefficient (Wildman–Crippen LogP) is -1.55. The number of aliphatic hydroxyl groups excluding tert-OH is 6. The summed E-state index contributed by atoms with van der Waals surface area (Å²) in [5, 5.41) is 83.0. The molecule has 0 radical (unpaired) electrons. The molecule has 3 heterocycles. The van der Waals surface area contributed by atoms with Gasteiger partial charge in [-0.25, -0.2) is 0 Å². The standard InChI is InChI=1S/C30H34O17/c1-11(32)42-10-21-24(37)25(38)27(40)29(46-21)47-28-26(39)23(36)20(9-31)45-30(28)43-13-6-15(34)22-16(35)8-17(44-19(22)7-13)12-3-4-14(33)18(5-12)41-2/h3-8,20-21,23-31,33-34,36-40H,9-10H2,1-2H3/t20-,21-,23-,24-,25+,26+,27+,28-,29+,30-/m1/s1. The van der Waals surface area contributed by atoms with E-state index >= 15 is 0 Å². The molecule has 3 aromatic rings. The quantitative estimate of drug-likeness (QED) is 0.120. The molecule has 0 aliphatic carbocycles. The van der Waals surface area contributed by atoms with Crippen molar-refractivity contribution in [3.63, 3.8) is 0 Å². The van der Waals surface area contributed by atoms with Crippen LogP contribution in [-0.4, -0.2) is 129 Å². The van der Waals surface area contributed by atoms with Gasteiger partial charge in [0.2, 0.25) is 6.29 Å². The van der Waals surface area contributed by atoms with Crippen LogP contribution >= 0.6 is 0 Å². The van der Waals surface area contributed by atoms with Gasteiger partial charge in [-0.1, -0.05) is 0 Å². The van der Waals surface area contributed by atoms with E-state index in [1.807, 2.05) is 0 Å². The zero-order valence-corrected chi connectivity index (χ0v) is 24.9. The number of hydrogen-bond acceptors (Lipinski definition) is 17. The van der Waals surface area contributed by atoms with Crippen molar-refractivity contribution >= 4 is 16.9 Å². The van der Waals surface area contributed by atoms with E-state index in [9.17, 15) is 50.4 Å². The van der Waals surface area contributed by atoms with Gasteiger partial charge in [0, 0.05) is 30.7 Å². The molecule has 2 aromatic carbocycles. The highest BCUT2D eigenvalue weighted by atomic mass is 16.8. The molecule has 2 aliphatic rings. The van der Waals surface area contributed by atoms with E-state index < -0.39 is 91.8 Å². The number of phenolic OH excluding ortho intramolecular Hbond substituents is 2. The van der Waals surface area contributed by atoms with Crippen LogP contribution in [0.1, 0.15) is 6.92 Å². The highest BCUT2D eigenvalue weighted by Crippen LogP contribution is 2.36. The maximum atomic E-state index is 13.0. The predicted molar refractivity (Wildman–Crippen MR) is 154 cm³/mol. The zero-order chi connectivity index (χ0) is 34.2. The number of rotatable bonds is 9. The monoisotopic (exact) mass is 666 g/mol. The summed E-state index contributed by atoms with van der Waals surface area (Å²) in [5.74, 6) is -1.49. The van der Waals surface area contributed by atoms with Gasteiger partial charge in [0.05, 0.1) is 13.7 Å². The Balaban J connectivity index is 1.46. The summed E-state index contributed by atoms with van der Waals surface area (Å²) in [5.41, 5.74) is -0.431. The first kappa shape index (κ1) is 34.3. The Morgan fingerprint density at radius 3 is 2.23 bits per heavy atom. The maximum absolute atomic E-state index is 13.0. The number of hydrogen-bond donors (Lipinski definition) is 8. The van der Waals surface area contributed by atoms with Gasteiger partial charge >= 0.3 is 5.97 Å². The molecule has 2 aliphatic heterocycles. The number of aromatic hydroxyl groups is 2.